The first-order chi connectivity index (χ1) is 8.22. The molecule has 0 N–H and O–H groups in total. The molecule has 0 radical (unpaired) electrons. The van der Waals surface area contributed by atoms with Crippen LogP contribution in [0.5, 0.6) is 0 Å². The van der Waals surface area contributed by atoms with Gasteiger partial charge in [-0.1, -0.05) is 42.1 Å². The largest absolute Gasteiger partial charge is 0.322 e. The fourth-order valence-electron chi connectivity index (χ4n) is 1.56. The van der Waals surface area contributed by atoms with Gasteiger partial charge in [-0.25, -0.2) is 4.98 Å². The number of benzene rings is 1. The molecule has 4 heteroatoms. The fourth-order valence-corrected chi connectivity index (χ4v) is 2.30. The van der Waals surface area contributed by atoms with Gasteiger partial charge in [-0.15, -0.1) is 0 Å². The average Bonchev–Trinajstić information content (AvgIpc) is 2.72. The number of thioether (sulfide) groups is 1. The van der Waals surface area contributed by atoms with Crippen molar-refractivity contribution in [2.45, 2.75) is 17.3 Å². The van der Waals surface area contributed by atoms with Gasteiger partial charge < -0.3 is 4.57 Å². The molecule has 1 unspecified atom stereocenters. The topological polar surface area (TPSA) is 41.6 Å². The van der Waals surface area contributed by atoms with Crippen LogP contribution in [0.3, 0.4) is 0 Å². The number of imidazole rings is 1. The lowest BCUT2D eigenvalue weighted by Gasteiger charge is -2.06. The number of aromatic nitrogens is 2. The molecule has 1 atom stereocenters. The van der Waals surface area contributed by atoms with E-state index in [1.165, 1.54) is 11.8 Å². The van der Waals surface area contributed by atoms with Gasteiger partial charge >= 0.3 is 0 Å². The van der Waals surface area contributed by atoms with Crippen LogP contribution in [-0.4, -0.2) is 14.8 Å². The Kier molecular flexibility index (Phi) is 3.50. The Morgan fingerprint density at radius 1 is 1.35 bits per heavy atom. The summed E-state index contributed by atoms with van der Waals surface area (Å²) in [6, 6.07) is 12.3. The minimum absolute atomic E-state index is 0.0836. The van der Waals surface area contributed by atoms with Crippen LogP contribution in [0.15, 0.2) is 41.7 Å². The second-order valence-corrected chi connectivity index (χ2v) is 5.05. The van der Waals surface area contributed by atoms with Gasteiger partial charge in [-0.3, -0.25) is 0 Å². The first-order valence-electron chi connectivity index (χ1n) is 5.36. The third kappa shape index (κ3) is 2.51. The maximum Gasteiger partial charge on any atom is 0.169 e. The van der Waals surface area contributed by atoms with Gasteiger partial charge in [-0.2, -0.15) is 5.26 Å². The minimum Gasteiger partial charge on any atom is -0.322 e. The van der Waals surface area contributed by atoms with Gasteiger partial charge in [0.25, 0.3) is 0 Å². The molecule has 0 fully saturated rings. The molecular formula is C13H13N3S. The third-order valence-corrected chi connectivity index (χ3v) is 3.53. The highest BCUT2D eigenvalue weighted by Crippen LogP contribution is 2.26. The van der Waals surface area contributed by atoms with Gasteiger partial charge in [0.15, 0.2) is 5.16 Å². The zero-order chi connectivity index (χ0) is 12.3. The van der Waals surface area contributed by atoms with E-state index in [9.17, 15) is 0 Å². The van der Waals surface area contributed by atoms with Crippen molar-refractivity contribution in [3.05, 3.63) is 36.5 Å². The maximum atomic E-state index is 8.80. The fraction of sp³-hybridized carbons (Fsp3) is 0.231. The zero-order valence-electron chi connectivity index (χ0n) is 9.79. The van der Waals surface area contributed by atoms with Gasteiger partial charge in [0.2, 0.25) is 0 Å². The van der Waals surface area contributed by atoms with Crippen LogP contribution >= 0.6 is 11.8 Å². The van der Waals surface area contributed by atoms with Crippen molar-refractivity contribution in [3.8, 4) is 17.3 Å². The van der Waals surface area contributed by atoms with Crippen molar-refractivity contribution in [2.24, 2.45) is 7.05 Å². The van der Waals surface area contributed by atoms with E-state index in [2.05, 4.69) is 23.2 Å². The molecule has 0 aliphatic rings. The molecule has 0 spiro atoms. The standard InChI is InChI=1S/C13H13N3S/c1-10(8-14)17-13-15-9-12(16(13)2)11-6-4-3-5-7-11/h3-7,9-10H,1-2H3. The van der Waals surface area contributed by atoms with Gasteiger partial charge in [0, 0.05) is 7.05 Å². The van der Waals surface area contributed by atoms with E-state index in [1.807, 2.05) is 42.9 Å². The molecule has 0 saturated heterocycles. The van der Waals surface area contributed by atoms with E-state index >= 15 is 0 Å². The van der Waals surface area contributed by atoms with E-state index < -0.39 is 0 Å². The third-order valence-electron chi connectivity index (χ3n) is 2.48. The highest BCUT2D eigenvalue weighted by Gasteiger charge is 2.11. The van der Waals surface area contributed by atoms with Crippen LogP contribution in [-0.2, 0) is 7.05 Å². The summed E-state index contributed by atoms with van der Waals surface area (Å²) in [4.78, 5) is 4.35. The monoisotopic (exact) mass is 243 g/mol. The normalized spacial score (nSPS) is 12.1. The summed E-state index contributed by atoms with van der Waals surface area (Å²) >= 11 is 1.48. The Balaban J connectivity index is 2.31. The second kappa shape index (κ2) is 5.07. The summed E-state index contributed by atoms with van der Waals surface area (Å²) in [5, 5.41) is 9.59. The summed E-state index contributed by atoms with van der Waals surface area (Å²) in [5.41, 5.74) is 2.21. The molecule has 1 aromatic heterocycles. The van der Waals surface area contributed by atoms with E-state index in [1.54, 1.807) is 0 Å². The predicted octanol–water partition coefficient (Wildman–Crippen LogP) is 3.09. The molecule has 3 nitrogen and oxygen atoms in total. The molecule has 1 heterocycles. The van der Waals surface area contributed by atoms with Gasteiger partial charge in [0.1, 0.15) is 0 Å². The lowest BCUT2D eigenvalue weighted by atomic mass is 10.2. The molecular weight excluding hydrogens is 230 g/mol. The van der Waals surface area contributed by atoms with Crippen LogP contribution in [0, 0.1) is 11.3 Å². The van der Waals surface area contributed by atoms with Crippen molar-refractivity contribution in [2.75, 3.05) is 0 Å². The summed E-state index contributed by atoms with van der Waals surface area (Å²) in [5.74, 6) is 0. The smallest absolute Gasteiger partial charge is 0.169 e. The first kappa shape index (κ1) is 11.7. The van der Waals surface area contributed by atoms with E-state index in [0.717, 1.165) is 16.4 Å². The van der Waals surface area contributed by atoms with Crippen molar-refractivity contribution in [3.63, 3.8) is 0 Å². The van der Waals surface area contributed by atoms with E-state index in [-0.39, 0.29) is 5.25 Å². The van der Waals surface area contributed by atoms with Crippen molar-refractivity contribution in [1.82, 2.24) is 9.55 Å². The molecule has 2 rings (SSSR count). The molecule has 86 valence electrons. The van der Waals surface area contributed by atoms with Crippen LogP contribution in [0.1, 0.15) is 6.92 Å². The van der Waals surface area contributed by atoms with Crippen molar-refractivity contribution in [1.29, 1.82) is 5.26 Å². The molecule has 0 aliphatic heterocycles. The first-order valence-corrected chi connectivity index (χ1v) is 6.23. The maximum absolute atomic E-state index is 8.80. The number of nitrogens with zero attached hydrogens (tertiary/aromatic N) is 3. The van der Waals surface area contributed by atoms with E-state index in [0.29, 0.717) is 0 Å². The molecule has 1 aromatic carbocycles. The Bertz CT molecular complexity index is 540. The number of hydrogen-bond acceptors (Lipinski definition) is 3. The predicted molar refractivity (Wildman–Crippen MR) is 69.6 cm³/mol. The highest BCUT2D eigenvalue weighted by molar-refractivity contribution is 8.00. The van der Waals surface area contributed by atoms with Crippen LogP contribution < -0.4 is 0 Å². The molecule has 2 aromatic rings. The Labute approximate surface area is 105 Å². The highest BCUT2D eigenvalue weighted by atomic mass is 32.2. The van der Waals surface area contributed by atoms with Gasteiger partial charge in [-0.05, 0) is 12.5 Å². The molecule has 0 bridgehead atoms. The quantitative estimate of drug-likeness (QED) is 0.778. The van der Waals surface area contributed by atoms with E-state index in [4.69, 9.17) is 5.26 Å². The Morgan fingerprint density at radius 2 is 2.06 bits per heavy atom. The van der Waals surface area contributed by atoms with Crippen molar-refractivity contribution < 1.29 is 0 Å². The van der Waals surface area contributed by atoms with Crippen LogP contribution in [0.4, 0.5) is 0 Å². The lowest BCUT2D eigenvalue weighted by molar-refractivity contribution is 0.795. The summed E-state index contributed by atoms with van der Waals surface area (Å²) in [7, 11) is 1.97. The summed E-state index contributed by atoms with van der Waals surface area (Å²) in [6.45, 7) is 1.88. The molecule has 0 amide bonds. The van der Waals surface area contributed by atoms with Crippen LogP contribution in [0.2, 0.25) is 0 Å². The molecule has 0 aliphatic carbocycles. The Hall–Kier alpha value is -1.73. The molecule has 17 heavy (non-hydrogen) atoms. The Morgan fingerprint density at radius 3 is 2.71 bits per heavy atom. The second-order valence-electron chi connectivity index (χ2n) is 3.74. The number of hydrogen-bond donors (Lipinski definition) is 0. The van der Waals surface area contributed by atoms with Crippen molar-refractivity contribution >= 4 is 11.8 Å². The summed E-state index contributed by atoms with van der Waals surface area (Å²) in [6.07, 6.45) is 1.85. The zero-order valence-corrected chi connectivity index (χ0v) is 10.6. The summed E-state index contributed by atoms with van der Waals surface area (Å²) < 4.78 is 2.02. The number of rotatable bonds is 3. The average molecular weight is 243 g/mol. The SMILES string of the molecule is CC(C#N)Sc1ncc(-c2ccccc2)n1C. The molecule has 0 saturated carbocycles. The lowest BCUT2D eigenvalue weighted by Crippen LogP contribution is -1.98. The van der Waals surface area contributed by atoms with Crippen LogP contribution in [0.25, 0.3) is 11.3 Å². The number of nitriles is 1. The minimum atomic E-state index is -0.0836. The van der Waals surface area contributed by atoms with Gasteiger partial charge in [0.05, 0.1) is 23.2 Å².